The fraction of sp³-hybridized carbons (Fsp3) is 0.500. The van der Waals surface area contributed by atoms with Crippen LogP contribution >= 0.6 is 11.8 Å². The highest BCUT2D eigenvalue weighted by Gasteiger charge is 2.36. The second-order valence-corrected chi connectivity index (χ2v) is 22.1. The molecule has 8 N–H and O–H groups in total. The first-order valence-corrected chi connectivity index (χ1v) is 28.4. The molecule has 4 rings (SSSR count). The Balaban J connectivity index is 1.56. The smallest absolute Gasteiger partial charge is 0.405 e. The molecule has 0 aromatic heterocycles. The van der Waals surface area contributed by atoms with Crippen molar-refractivity contribution in [3.05, 3.63) is 117 Å². The first-order chi connectivity index (χ1) is 39.3. The zero-order chi connectivity index (χ0) is 61.8. The fourth-order valence-electron chi connectivity index (χ4n) is 9.84. The number of nitrogens with one attached hydrogen (secondary N) is 4. The molecule has 4 bridgehead atoms. The molecule has 10 atom stereocenters. The van der Waals surface area contributed by atoms with Crippen LogP contribution in [0.3, 0.4) is 0 Å². The van der Waals surface area contributed by atoms with Gasteiger partial charge in [0, 0.05) is 99.3 Å². The molecule has 0 spiro atoms. The molecular formula is C60H80N6O16S. The van der Waals surface area contributed by atoms with Crippen molar-refractivity contribution in [1.29, 1.82) is 0 Å². The fourth-order valence-corrected chi connectivity index (χ4v) is 10.5. The van der Waals surface area contributed by atoms with Gasteiger partial charge in [-0.3, -0.25) is 38.4 Å². The van der Waals surface area contributed by atoms with Gasteiger partial charge in [0.25, 0.3) is 11.8 Å². The number of rotatable bonds is 14. The molecule has 0 fully saturated rings. The van der Waals surface area contributed by atoms with E-state index in [9.17, 15) is 47.9 Å². The van der Waals surface area contributed by atoms with Crippen LogP contribution in [0.2, 0.25) is 0 Å². The maximum Gasteiger partial charge on any atom is 0.405 e. The number of methoxy groups -OCH3 is 4. The van der Waals surface area contributed by atoms with E-state index in [1.165, 1.54) is 90.5 Å². The van der Waals surface area contributed by atoms with E-state index in [-0.39, 0.29) is 95.4 Å². The second kappa shape index (κ2) is 32.5. The SMILES string of the molecule is CO[C@H]1C[C@H](C)CC2=C(NCCSCCNC3=C4C[C@@H](C)C[C@H](OC)C(=O)[C@@H](C)/C=C(\C)[C@H](OC(N)=O)[C@@H](OC)/C=C\C=C(/C)C(=O)NC(=CC3=O)C4=O)C(=O)C=C(NC(=O)/C(C)=C/C=C\[C@H](OC)C(OC(N)=O)/C(C)=C/[C@H](C)C1=O)C2=O. The first-order valence-electron chi connectivity index (χ1n) is 27.2. The van der Waals surface area contributed by atoms with Crippen LogP contribution in [0.1, 0.15) is 81.1 Å². The summed E-state index contributed by atoms with van der Waals surface area (Å²) in [4.78, 5) is 135. The minimum absolute atomic E-state index is 0.0230. The van der Waals surface area contributed by atoms with Crippen molar-refractivity contribution in [1.82, 2.24) is 21.3 Å². The quantitative estimate of drug-likeness (QED) is 0.0768. The van der Waals surface area contributed by atoms with E-state index in [1.807, 2.05) is 13.8 Å². The average Bonchev–Trinajstić information content (AvgIpc) is 3.61. The molecule has 452 valence electrons. The molecule has 2 heterocycles. The number of hydrogen-bond acceptors (Lipinski definition) is 19. The monoisotopic (exact) mass is 1170 g/mol. The summed E-state index contributed by atoms with van der Waals surface area (Å²) in [6.07, 6.45) is 6.86. The van der Waals surface area contributed by atoms with Gasteiger partial charge in [-0.2, -0.15) is 11.8 Å². The Kier molecular flexibility index (Phi) is 26.7. The van der Waals surface area contributed by atoms with Crippen molar-refractivity contribution < 1.29 is 76.4 Å². The van der Waals surface area contributed by atoms with Crippen LogP contribution in [0.5, 0.6) is 0 Å². The lowest BCUT2D eigenvalue weighted by molar-refractivity contribution is -0.132. The summed E-state index contributed by atoms with van der Waals surface area (Å²) >= 11 is 1.44. The van der Waals surface area contributed by atoms with Crippen LogP contribution in [-0.4, -0.2) is 148 Å². The molecule has 22 nitrogen and oxygen atoms in total. The summed E-state index contributed by atoms with van der Waals surface area (Å²) in [7, 11) is 5.57. The minimum atomic E-state index is -1.07. The standard InChI is InChI=1S/C60H80N6O16S/c1-31-23-39-49(43(67)29-41(53(39)71)65-57(73)33(3)15-13-17-45(77-9)55(81-59(61)75)37(7)27-35(5)51(69)47(25-31)79-11)63-19-21-83-22-20-64-50-40-24-32(2)26-48(80-12)52(70)36(6)28-38(8)56(82-60(62)76)46(78-10)18-14-16-34(4)58(74)66-42(54(40)72)30-44(50)68/h13-18,27-32,35-36,45-48,55-56,63-64H,19-26H2,1-12H3,(H2,61,75)(H2,62,76)(H,65,73)(H,66,74)/b17-13-,18-14-,33-15+,34-16+,37-27+,38-28+/t31-,32-,35+,36+,45+,46+,47+,48+,55+,56?/m1/s1. The van der Waals surface area contributed by atoms with E-state index in [1.54, 1.807) is 39.8 Å². The number of ketones is 6. The lowest BCUT2D eigenvalue weighted by Crippen LogP contribution is -2.37. The summed E-state index contributed by atoms with van der Waals surface area (Å²) in [5.74, 6) is -5.70. The van der Waals surface area contributed by atoms with Crippen molar-refractivity contribution >= 4 is 70.5 Å². The van der Waals surface area contributed by atoms with Gasteiger partial charge in [-0.15, -0.1) is 0 Å². The number of thioether (sulfide) groups is 1. The van der Waals surface area contributed by atoms with Gasteiger partial charge >= 0.3 is 12.2 Å². The lowest BCUT2D eigenvalue weighted by Gasteiger charge is -2.26. The van der Waals surface area contributed by atoms with Gasteiger partial charge in [-0.05, 0) is 76.4 Å². The highest BCUT2D eigenvalue weighted by Crippen LogP contribution is 2.30. The highest BCUT2D eigenvalue weighted by molar-refractivity contribution is 7.99. The molecule has 0 aromatic carbocycles. The number of primary amides is 2. The van der Waals surface area contributed by atoms with Gasteiger partial charge < -0.3 is 61.2 Å². The van der Waals surface area contributed by atoms with E-state index in [0.717, 1.165) is 12.2 Å². The van der Waals surface area contributed by atoms with Crippen LogP contribution in [0.15, 0.2) is 117 Å². The predicted molar refractivity (Wildman–Crippen MR) is 310 cm³/mol. The molecule has 2 aliphatic heterocycles. The second-order valence-electron chi connectivity index (χ2n) is 20.9. The Morgan fingerprint density at radius 3 is 1.27 bits per heavy atom. The van der Waals surface area contributed by atoms with Crippen molar-refractivity contribution in [2.24, 2.45) is 35.1 Å². The Labute approximate surface area is 489 Å². The van der Waals surface area contributed by atoms with Crippen LogP contribution in [0, 0.1) is 23.7 Å². The van der Waals surface area contributed by atoms with Gasteiger partial charge in [0.1, 0.15) is 24.4 Å². The molecule has 0 aromatic rings. The summed E-state index contributed by atoms with van der Waals surface area (Å²) in [5.41, 5.74) is 11.9. The average molecular weight is 1170 g/mol. The Hall–Kier alpha value is -7.31. The van der Waals surface area contributed by atoms with Crippen LogP contribution in [-0.2, 0) is 66.8 Å². The van der Waals surface area contributed by atoms with Gasteiger partial charge in [-0.1, -0.05) is 76.3 Å². The maximum atomic E-state index is 14.3. The molecule has 83 heavy (non-hydrogen) atoms. The summed E-state index contributed by atoms with van der Waals surface area (Å²) in [6.45, 7) is 13.7. The van der Waals surface area contributed by atoms with E-state index >= 15 is 0 Å². The highest BCUT2D eigenvalue weighted by atomic mass is 32.2. The van der Waals surface area contributed by atoms with Gasteiger partial charge in [-0.25, -0.2) is 9.59 Å². The number of fused-ring (bicyclic) bond motifs is 4. The number of carbonyl (C=O) groups is 10. The summed E-state index contributed by atoms with van der Waals surface area (Å²) in [5, 5.41) is 11.4. The molecular weight excluding hydrogens is 1090 g/mol. The summed E-state index contributed by atoms with van der Waals surface area (Å²) in [6, 6.07) is 0. The molecule has 4 amide bonds. The van der Waals surface area contributed by atoms with Gasteiger partial charge in [0.2, 0.25) is 23.1 Å². The Morgan fingerprint density at radius 1 is 0.578 bits per heavy atom. The third-order valence-corrected chi connectivity index (χ3v) is 15.3. The number of nitrogens with two attached hydrogens (primary N) is 2. The van der Waals surface area contributed by atoms with E-state index in [4.69, 9.17) is 39.9 Å². The third kappa shape index (κ3) is 19.4. The van der Waals surface area contributed by atoms with Crippen molar-refractivity contribution in [3.8, 4) is 0 Å². The van der Waals surface area contributed by atoms with E-state index in [2.05, 4.69) is 21.3 Å². The molecule has 23 heteroatoms. The number of amides is 4. The molecule has 0 saturated heterocycles. The third-order valence-electron chi connectivity index (χ3n) is 14.3. The normalized spacial score (nSPS) is 30.4. The van der Waals surface area contributed by atoms with Crippen molar-refractivity contribution in [3.63, 3.8) is 0 Å². The number of hydrogen-bond donors (Lipinski definition) is 6. The van der Waals surface area contributed by atoms with Crippen molar-refractivity contribution in [2.75, 3.05) is 53.0 Å². The predicted octanol–water partition coefficient (Wildman–Crippen LogP) is 4.87. The minimum Gasteiger partial charge on any atom is -0.439 e. The Bertz CT molecular complexity index is 2670. The topological polar surface area (TPSA) is 326 Å². The number of Topliss-reactive ketones (excluding diaryl/α,β-unsaturated/α-hetero) is 4. The molecule has 0 saturated carbocycles. The maximum absolute atomic E-state index is 14.3. The van der Waals surface area contributed by atoms with Crippen molar-refractivity contribution in [2.45, 2.75) is 118 Å². The molecule has 0 radical (unpaired) electrons. The largest absolute Gasteiger partial charge is 0.439 e. The van der Waals surface area contributed by atoms with E-state index in [0.29, 0.717) is 22.7 Å². The lowest BCUT2D eigenvalue weighted by atomic mass is 9.85. The Morgan fingerprint density at radius 2 is 0.940 bits per heavy atom. The van der Waals surface area contributed by atoms with Crippen LogP contribution in [0.25, 0.3) is 0 Å². The van der Waals surface area contributed by atoms with Crippen LogP contribution in [0.4, 0.5) is 9.59 Å². The zero-order valence-electron chi connectivity index (χ0n) is 49.3. The van der Waals surface area contributed by atoms with Gasteiger partial charge in [0.05, 0.1) is 22.8 Å². The van der Waals surface area contributed by atoms with Gasteiger partial charge in [0.15, 0.2) is 23.8 Å². The molecule has 2 aliphatic carbocycles. The number of ether oxygens (including phenoxy) is 6. The first kappa shape index (κ1) is 68.2. The molecule has 1 unspecified atom stereocenters. The number of carbonyl (C=O) groups excluding carboxylic acids is 10. The number of allylic oxidation sites excluding steroid dienone is 10. The summed E-state index contributed by atoms with van der Waals surface area (Å²) < 4.78 is 33.4. The van der Waals surface area contributed by atoms with Crippen LogP contribution < -0.4 is 32.7 Å². The molecule has 4 aliphatic rings. The zero-order valence-corrected chi connectivity index (χ0v) is 50.1. The van der Waals surface area contributed by atoms with E-state index < -0.39 is 107 Å².